The molecule has 0 fully saturated rings. The van der Waals surface area contributed by atoms with Gasteiger partial charge in [0.15, 0.2) is 0 Å². The van der Waals surface area contributed by atoms with Crippen molar-refractivity contribution < 1.29 is 0 Å². The molecule has 1 aliphatic rings. The van der Waals surface area contributed by atoms with E-state index in [1.54, 1.807) is 11.1 Å². The molecular formula is C18H29N. The van der Waals surface area contributed by atoms with E-state index in [0.29, 0.717) is 0 Å². The topological polar surface area (TPSA) is 3.24 Å². The van der Waals surface area contributed by atoms with Crippen LogP contribution in [0, 0.1) is 20.8 Å². The molecule has 0 N–H and O–H groups in total. The molecule has 0 saturated carbocycles. The zero-order chi connectivity index (χ0) is 14.7. The molecule has 106 valence electrons. The van der Waals surface area contributed by atoms with Crippen molar-refractivity contribution in [2.45, 2.75) is 72.8 Å². The highest BCUT2D eigenvalue weighted by molar-refractivity contribution is 5.74. The van der Waals surface area contributed by atoms with Gasteiger partial charge in [0.25, 0.3) is 0 Å². The third-order valence-electron chi connectivity index (χ3n) is 6.12. The smallest absolute Gasteiger partial charge is 0.0442 e. The lowest BCUT2D eigenvalue weighted by molar-refractivity contribution is 0.321. The number of hydrogen-bond donors (Lipinski definition) is 0. The summed E-state index contributed by atoms with van der Waals surface area (Å²) in [5.74, 6) is 0. The molecule has 0 saturated heterocycles. The number of likely N-dealkylation sites (N-methyl/N-ethyl adjacent to an activating group) is 1. The number of nitrogens with zero attached hydrogens (tertiary/aromatic N) is 1. The lowest BCUT2D eigenvalue weighted by atomic mass is 9.70. The SMILES string of the molecule is CCc1c(C)c(C)c2c(c1C)C(C)(C)C(C)(C)N2C. The summed E-state index contributed by atoms with van der Waals surface area (Å²) < 4.78 is 0. The zero-order valence-corrected chi connectivity index (χ0v) is 14.2. The van der Waals surface area contributed by atoms with Gasteiger partial charge in [-0.3, -0.25) is 0 Å². The second kappa shape index (κ2) is 4.01. The molecule has 0 spiro atoms. The quantitative estimate of drug-likeness (QED) is 0.708. The number of fused-ring (bicyclic) bond motifs is 1. The third-order valence-corrected chi connectivity index (χ3v) is 6.12. The van der Waals surface area contributed by atoms with Crippen molar-refractivity contribution >= 4 is 5.69 Å². The van der Waals surface area contributed by atoms with Crippen molar-refractivity contribution in [2.24, 2.45) is 0 Å². The van der Waals surface area contributed by atoms with E-state index >= 15 is 0 Å². The molecule has 19 heavy (non-hydrogen) atoms. The van der Waals surface area contributed by atoms with Crippen LogP contribution in [0.2, 0.25) is 0 Å². The van der Waals surface area contributed by atoms with Gasteiger partial charge in [-0.15, -0.1) is 0 Å². The summed E-state index contributed by atoms with van der Waals surface area (Å²) in [6.07, 6.45) is 1.13. The fourth-order valence-corrected chi connectivity index (χ4v) is 3.92. The first kappa shape index (κ1) is 14.4. The lowest BCUT2D eigenvalue weighted by Gasteiger charge is -2.41. The Hall–Kier alpha value is -0.980. The van der Waals surface area contributed by atoms with E-state index in [1.807, 2.05) is 0 Å². The van der Waals surface area contributed by atoms with Gasteiger partial charge >= 0.3 is 0 Å². The minimum absolute atomic E-state index is 0.156. The van der Waals surface area contributed by atoms with Gasteiger partial charge in [0.2, 0.25) is 0 Å². The van der Waals surface area contributed by atoms with Crippen LogP contribution in [0.5, 0.6) is 0 Å². The van der Waals surface area contributed by atoms with E-state index in [4.69, 9.17) is 0 Å². The summed E-state index contributed by atoms with van der Waals surface area (Å²) in [5, 5.41) is 0. The highest BCUT2D eigenvalue weighted by Gasteiger charge is 2.51. The molecule has 1 aromatic rings. The van der Waals surface area contributed by atoms with Crippen molar-refractivity contribution in [3.63, 3.8) is 0 Å². The van der Waals surface area contributed by atoms with E-state index < -0.39 is 0 Å². The zero-order valence-electron chi connectivity index (χ0n) is 14.2. The average Bonchev–Trinajstić information content (AvgIpc) is 2.45. The van der Waals surface area contributed by atoms with Crippen LogP contribution in [-0.4, -0.2) is 12.6 Å². The average molecular weight is 259 g/mol. The Morgan fingerprint density at radius 3 is 1.89 bits per heavy atom. The predicted molar refractivity (Wildman–Crippen MR) is 85.5 cm³/mol. The van der Waals surface area contributed by atoms with E-state index in [2.05, 4.69) is 67.3 Å². The Bertz CT molecular complexity index is 535. The van der Waals surface area contributed by atoms with Crippen molar-refractivity contribution in [3.05, 3.63) is 27.8 Å². The second-order valence-electron chi connectivity index (χ2n) is 7.17. The van der Waals surface area contributed by atoms with E-state index in [0.717, 1.165) is 6.42 Å². The van der Waals surface area contributed by atoms with Gasteiger partial charge in [-0.25, -0.2) is 0 Å². The van der Waals surface area contributed by atoms with Gasteiger partial charge in [-0.2, -0.15) is 0 Å². The molecule has 0 unspecified atom stereocenters. The monoisotopic (exact) mass is 259 g/mol. The maximum atomic E-state index is 2.50. The Balaban J connectivity index is 2.92. The predicted octanol–water partition coefficient (Wildman–Crippen LogP) is 4.68. The maximum Gasteiger partial charge on any atom is 0.0442 e. The number of anilines is 1. The summed E-state index contributed by atoms with van der Waals surface area (Å²) >= 11 is 0. The van der Waals surface area contributed by atoms with Crippen molar-refractivity contribution in [2.75, 3.05) is 11.9 Å². The van der Waals surface area contributed by atoms with Crippen LogP contribution < -0.4 is 4.90 Å². The molecule has 1 heterocycles. The molecule has 1 heteroatoms. The van der Waals surface area contributed by atoms with Crippen LogP contribution in [-0.2, 0) is 11.8 Å². The van der Waals surface area contributed by atoms with Gasteiger partial charge in [-0.05, 0) is 68.9 Å². The van der Waals surface area contributed by atoms with Crippen molar-refractivity contribution in [3.8, 4) is 0 Å². The summed E-state index contributed by atoms with van der Waals surface area (Å²) in [4.78, 5) is 2.50. The number of rotatable bonds is 1. The Morgan fingerprint density at radius 2 is 1.42 bits per heavy atom. The normalized spacial score (nSPS) is 19.7. The van der Waals surface area contributed by atoms with Crippen LogP contribution in [0.3, 0.4) is 0 Å². The Morgan fingerprint density at radius 1 is 0.895 bits per heavy atom. The minimum atomic E-state index is 0.156. The van der Waals surface area contributed by atoms with E-state index in [-0.39, 0.29) is 11.0 Å². The van der Waals surface area contributed by atoms with Gasteiger partial charge in [-0.1, -0.05) is 20.8 Å². The Labute approximate surface area is 119 Å². The molecule has 1 aromatic carbocycles. The van der Waals surface area contributed by atoms with Gasteiger partial charge in [0.05, 0.1) is 0 Å². The lowest BCUT2D eigenvalue weighted by Crippen LogP contribution is -2.49. The molecule has 2 rings (SSSR count). The minimum Gasteiger partial charge on any atom is -0.368 e. The summed E-state index contributed by atoms with van der Waals surface area (Å²) in [5.41, 5.74) is 9.41. The van der Waals surface area contributed by atoms with Gasteiger partial charge in [0.1, 0.15) is 0 Å². The fourth-order valence-electron chi connectivity index (χ4n) is 3.92. The highest BCUT2D eigenvalue weighted by atomic mass is 15.2. The molecule has 1 aliphatic heterocycles. The molecular weight excluding hydrogens is 230 g/mol. The standard InChI is InChI=1S/C18H29N/c1-10-14-11(2)12(3)16-15(13(14)4)17(5,6)18(7,8)19(16)9/h10H2,1-9H3. The van der Waals surface area contributed by atoms with E-state index in [9.17, 15) is 0 Å². The fraction of sp³-hybridized carbons (Fsp3) is 0.667. The maximum absolute atomic E-state index is 2.50. The van der Waals surface area contributed by atoms with Crippen LogP contribution in [0.4, 0.5) is 5.69 Å². The molecule has 0 aliphatic carbocycles. The molecule has 0 aromatic heterocycles. The molecule has 0 atom stereocenters. The van der Waals surface area contributed by atoms with Crippen LogP contribution in [0.15, 0.2) is 0 Å². The largest absolute Gasteiger partial charge is 0.368 e. The molecule has 0 radical (unpaired) electrons. The molecule has 0 amide bonds. The molecule has 0 bridgehead atoms. The van der Waals surface area contributed by atoms with Crippen molar-refractivity contribution in [1.29, 1.82) is 0 Å². The Kier molecular flexibility index (Phi) is 3.04. The van der Waals surface area contributed by atoms with Gasteiger partial charge in [0, 0.05) is 23.7 Å². The second-order valence-corrected chi connectivity index (χ2v) is 7.17. The van der Waals surface area contributed by atoms with Crippen molar-refractivity contribution in [1.82, 2.24) is 0 Å². The van der Waals surface area contributed by atoms with E-state index in [1.165, 1.54) is 22.4 Å². The van der Waals surface area contributed by atoms with Gasteiger partial charge < -0.3 is 4.90 Å². The third kappa shape index (κ3) is 1.53. The molecule has 1 nitrogen and oxygen atoms in total. The summed E-state index contributed by atoms with van der Waals surface area (Å²) in [7, 11) is 2.26. The highest BCUT2D eigenvalue weighted by Crippen LogP contribution is 2.54. The first-order valence-corrected chi connectivity index (χ1v) is 7.46. The first-order valence-electron chi connectivity index (χ1n) is 7.46. The summed E-state index contributed by atoms with van der Waals surface area (Å²) in [6, 6.07) is 0. The first-order chi connectivity index (χ1) is 8.59. The number of benzene rings is 1. The van der Waals surface area contributed by atoms with Crippen LogP contribution >= 0.6 is 0 Å². The summed E-state index contributed by atoms with van der Waals surface area (Å²) in [6.45, 7) is 18.7. The number of hydrogen-bond acceptors (Lipinski definition) is 1. The van der Waals surface area contributed by atoms with Crippen LogP contribution in [0.1, 0.15) is 62.4 Å². The van der Waals surface area contributed by atoms with Crippen LogP contribution in [0.25, 0.3) is 0 Å².